The molecule has 0 atom stereocenters. The quantitative estimate of drug-likeness (QED) is 0.261. The number of rotatable bonds is 7. The predicted octanol–water partition coefficient (Wildman–Crippen LogP) is 6.35. The summed E-state index contributed by atoms with van der Waals surface area (Å²) in [5.74, 6) is 0.303. The fourth-order valence-electron chi connectivity index (χ4n) is 3.26. The number of para-hydroxylation sites is 1. The van der Waals surface area contributed by atoms with Gasteiger partial charge >= 0.3 is 6.18 Å². The molecule has 0 saturated heterocycles. The van der Waals surface area contributed by atoms with Crippen LogP contribution in [0.4, 0.5) is 24.5 Å². The van der Waals surface area contributed by atoms with Crippen molar-refractivity contribution in [3.63, 3.8) is 0 Å². The molecule has 0 aliphatic carbocycles. The average molecular weight is 453 g/mol. The molecule has 0 fully saturated rings. The second kappa shape index (κ2) is 9.15. The molecule has 1 aromatic heterocycles. The molecule has 0 spiro atoms. The zero-order chi connectivity index (χ0) is 23.4. The summed E-state index contributed by atoms with van der Waals surface area (Å²) in [5.41, 5.74) is 1.34. The van der Waals surface area contributed by atoms with Gasteiger partial charge in [-0.15, -0.1) is 0 Å². The molecule has 0 saturated carbocycles. The summed E-state index contributed by atoms with van der Waals surface area (Å²) in [6.07, 6.45) is -4.41. The molecule has 3 aromatic carbocycles. The number of benzene rings is 3. The highest BCUT2D eigenvalue weighted by molar-refractivity contribution is 5.78. The Morgan fingerprint density at radius 3 is 2.45 bits per heavy atom. The number of aromatic nitrogens is 1. The van der Waals surface area contributed by atoms with Crippen molar-refractivity contribution in [2.75, 3.05) is 5.32 Å². The maximum Gasteiger partial charge on any atom is 0.416 e. The third kappa shape index (κ3) is 5.38. The van der Waals surface area contributed by atoms with E-state index >= 15 is 0 Å². The Hall–Kier alpha value is -4.14. The van der Waals surface area contributed by atoms with E-state index in [0.717, 1.165) is 23.0 Å². The normalized spacial score (nSPS) is 11.4. The van der Waals surface area contributed by atoms with E-state index in [1.54, 1.807) is 6.07 Å². The van der Waals surface area contributed by atoms with Crippen molar-refractivity contribution >= 4 is 22.3 Å². The highest BCUT2D eigenvalue weighted by Crippen LogP contribution is 2.31. The lowest BCUT2D eigenvalue weighted by molar-refractivity contribution is -0.384. The first-order valence-corrected chi connectivity index (χ1v) is 9.95. The molecular weight excluding hydrogens is 435 g/mol. The van der Waals surface area contributed by atoms with Gasteiger partial charge in [-0.3, -0.25) is 10.1 Å². The first-order valence-electron chi connectivity index (χ1n) is 9.95. The fraction of sp³-hybridized carbons (Fsp3) is 0.125. The van der Waals surface area contributed by atoms with Gasteiger partial charge in [-0.05, 0) is 42.0 Å². The Morgan fingerprint density at radius 1 is 0.970 bits per heavy atom. The summed E-state index contributed by atoms with van der Waals surface area (Å²) in [7, 11) is 0. The minimum atomic E-state index is -4.41. The van der Waals surface area contributed by atoms with Gasteiger partial charge in [0.2, 0.25) is 0 Å². The number of hydrogen-bond donors (Lipinski definition) is 1. The molecule has 0 aliphatic heterocycles. The van der Waals surface area contributed by atoms with E-state index in [4.69, 9.17) is 4.74 Å². The molecule has 6 nitrogen and oxygen atoms in total. The van der Waals surface area contributed by atoms with Gasteiger partial charge in [-0.25, -0.2) is 4.98 Å². The predicted molar refractivity (Wildman–Crippen MR) is 118 cm³/mol. The van der Waals surface area contributed by atoms with E-state index in [0.29, 0.717) is 17.0 Å². The molecule has 0 bridgehead atoms. The monoisotopic (exact) mass is 453 g/mol. The highest BCUT2D eigenvalue weighted by Gasteiger charge is 2.29. The lowest BCUT2D eigenvalue weighted by Crippen LogP contribution is -2.06. The van der Waals surface area contributed by atoms with Gasteiger partial charge in [0.15, 0.2) is 0 Å². The lowest BCUT2D eigenvalue weighted by Gasteiger charge is -2.11. The van der Waals surface area contributed by atoms with E-state index in [1.807, 2.05) is 36.4 Å². The van der Waals surface area contributed by atoms with E-state index in [2.05, 4.69) is 10.3 Å². The minimum Gasteiger partial charge on any atom is -0.487 e. The molecule has 0 unspecified atom stereocenters. The largest absolute Gasteiger partial charge is 0.487 e. The summed E-state index contributed by atoms with van der Waals surface area (Å²) in [6.45, 7) is 0.264. The molecule has 0 aliphatic rings. The molecule has 0 radical (unpaired) electrons. The van der Waals surface area contributed by atoms with Crippen molar-refractivity contribution in [1.29, 1.82) is 0 Å². The molecule has 1 N–H and O–H groups in total. The van der Waals surface area contributed by atoms with E-state index in [-0.39, 0.29) is 24.5 Å². The van der Waals surface area contributed by atoms with Crippen LogP contribution in [0.1, 0.15) is 16.8 Å². The van der Waals surface area contributed by atoms with E-state index in [9.17, 15) is 23.3 Å². The zero-order valence-corrected chi connectivity index (χ0v) is 17.2. The number of nitro benzene ring substituents is 1. The Balaban J connectivity index is 1.44. The lowest BCUT2D eigenvalue weighted by atomic mass is 10.1. The number of alkyl halides is 3. The minimum absolute atomic E-state index is 0.125. The van der Waals surface area contributed by atoms with E-state index < -0.39 is 16.7 Å². The number of ether oxygens (including phenoxy) is 1. The van der Waals surface area contributed by atoms with Gasteiger partial charge in [0.1, 0.15) is 18.0 Å². The molecular formula is C24H18F3N3O3. The highest BCUT2D eigenvalue weighted by atomic mass is 19.4. The molecule has 4 rings (SSSR count). The Bertz CT molecular complexity index is 1290. The topological polar surface area (TPSA) is 77.3 Å². The van der Waals surface area contributed by atoms with Crippen LogP contribution in [0.15, 0.2) is 78.9 Å². The molecule has 168 valence electrons. The van der Waals surface area contributed by atoms with Crippen molar-refractivity contribution < 1.29 is 22.8 Å². The number of fused-ring (bicyclic) bond motifs is 1. The van der Waals surface area contributed by atoms with Crippen LogP contribution in [0.5, 0.6) is 5.75 Å². The van der Waals surface area contributed by atoms with Crippen LogP contribution in [0.25, 0.3) is 10.9 Å². The van der Waals surface area contributed by atoms with Crippen molar-refractivity contribution in [2.45, 2.75) is 19.3 Å². The first kappa shape index (κ1) is 22.1. The maximum absolute atomic E-state index is 12.7. The SMILES string of the molecule is O=[N+]([O-])c1cc(OCc2ccc3ccccc3n2)ccc1NCc1ccc(C(F)(F)F)cc1. The number of nitrogens with one attached hydrogen (secondary N) is 1. The van der Waals surface area contributed by atoms with Crippen molar-refractivity contribution in [3.05, 3.63) is 106 Å². The fourth-order valence-corrected chi connectivity index (χ4v) is 3.26. The Morgan fingerprint density at radius 2 is 1.73 bits per heavy atom. The van der Waals surface area contributed by atoms with Crippen molar-refractivity contribution in [3.8, 4) is 5.75 Å². The molecule has 1 heterocycles. The number of halogens is 3. The molecule has 33 heavy (non-hydrogen) atoms. The number of hydrogen-bond acceptors (Lipinski definition) is 5. The third-order valence-corrected chi connectivity index (χ3v) is 4.97. The van der Waals surface area contributed by atoms with Crippen LogP contribution in [-0.4, -0.2) is 9.91 Å². The summed E-state index contributed by atoms with van der Waals surface area (Å²) in [6, 6.07) is 20.4. The molecule has 0 amide bonds. The Labute approximate surface area is 186 Å². The van der Waals surface area contributed by atoms with Crippen LogP contribution < -0.4 is 10.1 Å². The van der Waals surface area contributed by atoms with Gasteiger partial charge in [0.05, 0.1) is 27.8 Å². The number of anilines is 1. The van der Waals surface area contributed by atoms with Crippen LogP contribution in [-0.2, 0) is 19.3 Å². The third-order valence-electron chi connectivity index (χ3n) is 4.97. The smallest absolute Gasteiger partial charge is 0.416 e. The maximum atomic E-state index is 12.7. The van der Waals surface area contributed by atoms with Crippen molar-refractivity contribution in [1.82, 2.24) is 4.98 Å². The summed E-state index contributed by atoms with van der Waals surface area (Å²) < 4.78 is 43.7. The average Bonchev–Trinajstić information content (AvgIpc) is 2.81. The van der Waals surface area contributed by atoms with Gasteiger partial charge in [-0.2, -0.15) is 13.2 Å². The van der Waals surface area contributed by atoms with Crippen molar-refractivity contribution in [2.24, 2.45) is 0 Å². The first-order chi connectivity index (χ1) is 15.8. The Kier molecular flexibility index (Phi) is 6.12. The van der Waals surface area contributed by atoms with Crippen LogP contribution in [0, 0.1) is 10.1 Å². The van der Waals surface area contributed by atoms with Gasteiger partial charge in [-0.1, -0.05) is 36.4 Å². The molecule has 4 aromatic rings. The van der Waals surface area contributed by atoms with Gasteiger partial charge < -0.3 is 10.1 Å². The second-order valence-electron chi connectivity index (χ2n) is 7.27. The second-order valence-corrected chi connectivity index (χ2v) is 7.27. The summed E-state index contributed by atoms with van der Waals surface area (Å²) in [4.78, 5) is 15.5. The number of nitro groups is 1. The standard InChI is InChI=1S/C24H18F3N3O3/c25-24(26,27)18-8-5-16(6-9-18)14-28-22-12-11-20(13-23(22)30(31)32)33-15-19-10-7-17-3-1-2-4-21(17)29-19/h1-13,28H,14-15H2. The van der Waals surface area contributed by atoms with Crippen LogP contribution in [0.2, 0.25) is 0 Å². The van der Waals surface area contributed by atoms with Crippen LogP contribution in [0.3, 0.4) is 0 Å². The number of nitrogens with zero attached hydrogens (tertiary/aromatic N) is 2. The van der Waals surface area contributed by atoms with Gasteiger partial charge in [0, 0.05) is 11.9 Å². The molecule has 9 heteroatoms. The number of pyridine rings is 1. The zero-order valence-electron chi connectivity index (χ0n) is 17.2. The van der Waals surface area contributed by atoms with E-state index in [1.165, 1.54) is 24.3 Å². The summed E-state index contributed by atoms with van der Waals surface area (Å²) >= 11 is 0. The van der Waals surface area contributed by atoms with Gasteiger partial charge in [0.25, 0.3) is 5.69 Å². The van der Waals surface area contributed by atoms with Crippen LogP contribution >= 0.6 is 0 Å². The summed E-state index contributed by atoms with van der Waals surface area (Å²) in [5, 5.41) is 15.4.